The Morgan fingerprint density at radius 1 is 0.600 bits per heavy atom. The summed E-state index contributed by atoms with van der Waals surface area (Å²) < 4.78 is 0. The Hall–Kier alpha value is 0. The summed E-state index contributed by atoms with van der Waals surface area (Å²) in [6.45, 7) is 0. The minimum absolute atomic E-state index is 1.02. The third-order valence-corrected chi connectivity index (χ3v) is 9.55. The maximum Gasteiger partial charge on any atom is -0.00377 e. The Morgan fingerprint density at radius 3 is 1.40 bits per heavy atom. The van der Waals surface area contributed by atoms with Crippen molar-refractivity contribution in [3.8, 4) is 0 Å². The van der Waals surface area contributed by atoms with E-state index >= 15 is 0 Å². The molecule has 8 fully saturated rings. The van der Waals surface area contributed by atoms with Gasteiger partial charge in [0.25, 0.3) is 0 Å². The summed E-state index contributed by atoms with van der Waals surface area (Å²) in [5, 5.41) is 0. The lowest BCUT2D eigenvalue weighted by Gasteiger charge is -2.52. The molecule has 0 N–H and O–H groups in total. The summed E-state index contributed by atoms with van der Waals surface area (Å²) in [5.41, 5.74) is 5.13. The molecule has 5 spiro atoms. The van der Waals surface area contributed by atoms with Crippen molar-refractivity contribution < 1.29 is 0 Å². The van der Waals surface area contributed by atoms with E-state index in [1.807, 2.05) is 0 Å². The van der Waals surface area contributed by atoms with E-state index in [9.17, 15) is 0 Å². The molecule has 0 aromatic carbocycles. The molecule has 0 nitrogen and oxygen atoms in total. The van der Waals surface area contributed by atoms with E-state index in [0.29, 0.717) is 0 Å². The van der Waals surface area contributed by atoms with Crippen LogP contribution < -0.4 is 0 Å². The van der Waals surface area contributed by atoms with Gasteiger partial charge in [-0.1, -0.05) is 12.8 Å². The fourth-order valence-corrected chi connectivity index (χ4v) is 11.0. The van der Waals surface area contributed by atoms with Crippen LogP contribution in [0, 0.1) is 38.9 Å². The van der Waals surface area contributed by atoms with E-state index in [4.69, 9.17) is 0 Å². The molecule has 78 valence electrons. The normalized spacial score (nSPS) is 91.2. The molecule has 0 heteroatoms. The molecule has 0 radical (unpaired) electrons. The Balaban J connectivity index is 1.68. The van der Waals surface area contributed by atoms with Crippen LogP contribution in [0.25, 0.3) is 0 Å². The van der Waals surface area contributed by atoms with Crippen molar-refractivity contribution in [1.29, 1.82) is 0 Å². The molecule has 0 saturated heterocycles. The number of fused-ring (bicyclic) bond motifs is 1. The van der Waals surface area contributed by atoms with Crippen molar-refractivity contribution in [1.82, 2.24) is 0 Å². The molecule has 0 heterocycles. The van der Waals surface area contributed by atoms with Crippen LogP contribution in [0.3, 0.4) is 0 Å². The van der Waals surface area contributed by atoms with E-state index in [1.54, 1.807) is 51.4 Å². The molecule has 8 aliphatic rings. The monoisotopic (exact) mass is 198 g/mol. The lowest BCUT2D eigenvalue weighted by atomic mass is 9.52. The van der Waals surface area contributed by atoms with Crippen LogP contribution in [0.15, 0.2) is 0 Å². The third kappa shape index (κ3) is 0.223. The third-order valence-electron chi connectivity index (χ3n) is 9.55. The molecule has 0 aromatic heterocycles. The zero-order valence-corrected chi connectivity index (χ0v) is 9.31. The average Bonchev–Trinajstić information content (AvgIpc) is 2.70. The van der Waals surface area contributed by atoms with Gasteiger partial charge in [-0.25, -0.2) is 0 Å². The van der Waals surface area contributed by atoms with Crippen molar-refractivity contribution in [3.05, 3.63) is 0 Å². The predicted molar refractivity (Wildman–Crippen MR) is 56.1 cm³/mol. The smallest absolute Gasteiger partial charge is 0.00377 e. The minimum atomic E-state index is 1.02. The van der Waals surface area contributed by atoms with E-state index in [1.165, 1.54) is 11.8 Å². The zero-order valence-electron chi connectivity index (χ0n) is 9.31. The quantitative estimate of drug-likeness (QED) is 0.560. The van der Waals surface area contributed by atoms with E-state index < -0.39 is 0 Å². The Bertz CT molecular complexity index is 395. The largest absolute Gasteiger partial charge is 0.0521 e. The van der Waals surface area contributed by atoms with Crippen LogP contribution >= 0.6 is 0 Å². The second-order valence-corrected chi connectivity index (χ2v) is 8.03. The zero-order chi connectivity index (χ0) is 9.31. The molecular formula is C15H18. The van der Waals surface area contributed by atoms with Crippen molar-refractivity contribution >= 4 is 0 Å². The Morgan fingerprint density at radius 2 is 1.00 bits per heavy atom. The second kappa shape index (κ2) is 1.22. The molecule has 0 aliphatic heterocycles. The van der Waals surface area contributed by atoms with Gasteiger partial charge in [0.1, 0.15) is 0 Å². The maximum absolute atomic E-state index is 1.68. The van der Waals surface area contributed by atoms with E-state index in [0.717, 1.165) is 27.1 Å². The Kier molecular flexibility index (Phi) is 0.543. The van der Waals surface area contributed by atoms with Gasteiger partial charge in [0.05, 0.1) is 0 Å². The molecule has 8 saturated carbocycles. The highest BCUT2D eigenvalue weighted by Crippen LogP contribution is 3.31. The van der Waals surface area contributed by atoms with Crippen molar-refractivity contribution in [2.24, 2.45) is 38.9 Å². The molecule has 4 atom stereocenters. The maximum atomic E-state index is 1.68. The summed E-state index contributed by atoms with van der Waals surface area (Å²) in [6, 6.07) is 0. The van der Waals surface area contributed by atoms with Crippen LogP contribution in [-0.2, 0) is 0 Å². The molecule has 8 rings (SSSR count). The first kappa shape index (κ1) is 6.67. The lowest BCUT2D eigenvalue weighted by molar-refractivity contribution is -0.0466. The summed E-state index contributed by atoms with van der Waals surface area (Å²) in [5.74, 6) is 2.53. The van der Waals surface area contributed by atoms with Crippen molar-refractivity contribution in [2.75, 3.05) is 0 Å². The standard InChI is InChI=1S/C15H18/c1-5-11-9-3-4-10-12(11,6-1)15(11)13(9)7-2-8-14(10,13)15/h9-10H,1-8H2. The summed E-state index contributed by atoms with van der Waals surface area (Å²) in [4.78, 5) is 0. The average molecular weight is 198 g/mol. The highest BCUT2D eigenvalue weighted by atomic mass is 15.3. The van der Waals surface area contributed by atoms with Crippen LogP contribution in [0.2, 0.25) is 0 Å². The van der Waals surface area contributed by atoms with Gasteiger partial charge < -0.3 is 0 Å². The highest BCUT2D eigenvalue weighted by Gasteiger charge is 3.28. The van der Waals surface area contributed by atoms with Gasteiger partial charge >= 0.3 is 0 Å². The van der Waals surface area contributed by atoms with Crippen LogP contribution in [0.1, 0.15) is 51.4 Å². The minimum Gasteiger partial charge on any atom is -0.0521 e. The molecule has 0 aromatic rings. The SMILES string of the molecule is C1CC23C4CCC5C2(C1)C31C42CCCC521. The first-order chi connectivity index (χ1) is 7.39. The van der Waals surface area contributed by atoms with E-state index in [2.05, 4.69) is 0 Å². The van der Waals surface area contributed by atoms with Gasteiger partial charge in [0.15, 0.2) is 0 Å². The molecule has 2 bridgehead atoms. The Labute approximate surface area is 90.8 Å². The van der Waals surface area contributed by atoms with Gasteiger partial charge in [-0.15, -0.1) is 0 Å². The van der Waals surface area contributed by atoms with Crippen molar-refractivity contribution in [2.45, 2.75) is 51.4 Å². The highest BCUT2D eigenvalue weighted by molar-refractivity contribution is 5.74. The van der Waals surface area contributed by atoms with Gasteiger partial charge in [0.2, 0.25) is 0 Å². The first-order valence-electron chi connectivity index (χ1n) is 7.39. The van der Waals surface area contributed by atoms with Gasteiger partial charge in [-0.05, 0) is 77.4 Å². The predicted octanol–water partition coefficient (Wildman–Crippen LogP) is 3.37. The summed E-state index contributed by atoms with van der Waals surface area (Å²) in [7, 11) is 0. The molecular weight excluding hydrogens is 180 g/mol. The van der Waals surface area contributed by atoms with Crippen LogP contribution in [-0.4, -0.2) is 0 Å². The molecule has 8 aliphatic carbocycles. The second-order valence-electron chi connectivity index (χ2n) is 8.03. The van der Waals surface area contributed by atoms with Crippen molar-refractivity contribution in [3.63, 3.8) is 0 Å². The summed E-state index contributed by atoms with van der Waals surface area (Å²) >= 11 is 0. The van der Waals surface area contributed by atoms with Gasteiger partial charge in [-0.3, -0.25) is 0 Å². The first-order valence-corrected chi connectivity index (χ1v) is 7.39. The molecule has 4 unspecified atom stereocenters. The molecule has 0 amide bonds. The van der Waals surface area contributed by atoms with E-state index in [-0.39, 0.29) is 0 Å². The topological polar surface area (TPSA) is 0 Å². The van der Waals surface area contributed by atoms with Gasteiger partial charge in [0, 0.05) is 0 Å². The molecule has 15 heavy (non-hydrogen) atoms. The van der Waals surface area contributed by atoms with Crippen LogP contribution in [0.5, 0.6) is 0 Å². The lowest BCUT2D eigenvalue weighted by Crippen LogP contribution is -2.47. The van der Waals surface area contributed by atoms with Gasteiger partial charge in [-0.2, -0.15) is 0 Å². The number of rotatable bonds is 0. The fourth-order valence-electron chi connectivity index (χ4n) is 11.0. The van der Waals surface area contributed by atoms with Crippen LogP contribution in [0.4, 0.5) is 0 Å². The fraction of sp³-hybridized carbons (Fsp3) is 1.00. The number of hydrogen-bond donors (Lipinski definition) is 0. The summed E-state index contributed by atoms with van der Waals surface area (Å²) in [6.07, 6.45) is 13.3. The number of hydrogen-bond acceptors (Lipinski definition) is 0.